The van der Waals surface area contributed by atoms with Crippen molar-refractivity contribution in [1.82, 2.24) is 15.3 Å². The number of rotatable bonds is 3. The molecule has 0 aliphatic carbocycles. The molecular formula is C11H16N4O3. The summed E-state index contributed by atoms with van der Waals surface area (Å²) in [5.74, 6) is -1.08. The number of carboxylic acid groups (broad SMARTS) is 1. The highest BCUT2D eigenvalue weighted by Gasteiger charge is 2.32. The van der Waals surface area contributed by atoms with E-state index in [9.17, 15) is 9.59 Å². The second-order valence-corrected chi connectivity index (χ2v) is 4.86. The van der Waals surface area contributed by atoms with E-state index < -0.39 is 23.5 Å². The first kappa shape index (κ1) is 13.9. The molecule has 0 bridgehead atoms. The Kier molecular flexibility index (Phi) is 4.19. The van der Waals surface area contributed by atoms with Gasteiger partial charge >= 0.3 is 12.0 Å². The highest BCUT2D eigenvalue weighted by molar-refractivity contribution is 5.92. The lowest BCUT2D eigenvalue weighted by atomic mass is 9.87. The van der Waals surface area contributed by atoms with Crippen LogP contribution in [0, 0.1) is 5.41 Å². The molecule has 0 saturated carbocycles. The van der Waals surface area contributed by atoms with Crippen molar-refractivity contribution < 1.29 is 14.7 Å². The van der Waals surface area contributed by atoms with Crippen LogP contribution in [0.15, 0.2) is 18.7 Å². The molecule has 0 unspecified atom stereocenters. The molecule has 0 aromatic carbocycles. The number of anilines is 1. The van der Waals surface area contributed by atoms with Crippen LogP contribution in [0.4, 0.5) is 10.5 Å². The zero-order valence-corrected chi connectivity index (χ0v) is 10.5. The van der Waals surface area contributed by atoms with Crippen molar-refractivity contribution in [2.45, 2.75) is 26.8 Å². The van der Waals surface area contributed by atoms with Gasteiger partial charge in [-0.05, 0) is 5.41 Å². The van der Waals surface area contributed by atoms with Crippen LogP contribution < -0.4 is 10.6 Å². The van der Waals surface area contributed by atoms with Crippen molar-refractivity contribution in [1.29, 1.82) is 0 Å². The molecule has 98 valence electrons. The number of hydrogen-bond acceptors (Lipinski definition) is 4. The Morgan fingerprint density at radius 2 is 1.83 bits per heavy atom. The molecule has 18 heavy (non-hydrogen) atoms. The minimum Gasteiger partial charge on any atom is -0.480 e. The summed E-state index contributed by atoms with van der Waals surface area (Å²) in [6, 6.07) is -1.59. The van der Waals surface area contributed by atoms with Gasteiger partial charge < -0.3 is 15.7 Å². The molecule has 2 amide bonds. The van der Waals surface area contributed by atoms with Crippen molar-refractivity contribution in [2.75, 3.05) is 5.32 Å². The standard InChI is InChI=1S/C11H16N4O3/c1-11(2,3)8(9(16)17)15-10(18)14-7-4-12-6-13-5-7/h4-6,8H,1-3H3,(H,16,17)(H2,14,15,18)/t8-/m0/s1. The lowest BCUT2D eigenvalue weighted by Gasteiger charge is -2.27. The van der Waals surface area contributed by atoms with Gasteiger partial charge in [-0.1, -0.05) is 20.8 Å². The first-order chi connectivity index (χ1) is 8.30. The van der Waals surface area contributed by atoms with Gasteiger partial charge in [0.15, 0.2) is 0 Å². The van der Waals surface area contributed by atoms with Gasteiger partial charge in [0.05, 0.1) is 18.1 Å². The van der Waals surface area contributed by atoms with Gasteiger partial charge in [0.25, 0.3) is 0 Å². The van der Waals surface area contributed by atoms with Gasteiger partial charge in [-0.3, -0.25) is 0 Å². The van der Waals surface area contributed by atoms with E-state index in [1.54, 1.807) is 20.8 Å². The quantitative estimate of drug-likeness (QED) is 0.747. The molecular weight excluding hydrogens is 236 g/mol. The van der Waals surface area contributed by atoms with Crippen LogP contribution in [0.1, 0.15) is 20.8 Å². The second kappa shape index (κ2) is 5.44. The van der Waals surface area contributed by atoms with Gasteiger partial charge in [0.1, 0.15) is 12.4 Å². The van der Waals surface area contributed by atoms with Crippen LogP contribution in [0.25, 0.3) is 0 Å². The van der Waals surface area contributed by atoms with E-state index in [1.165, 1.54) is 18.7 Å². The van der Waals surface area contributed by atoms with Crippen LogP contribution in [0.3, 0.4) is 0 Å². The average molecular weight is 252 g/mol. The van der Waals surface area contributed by atoms with Gasteiger partial charge in [0, 0.05) is 0 Å². The molecule has 1 aromatic heterocycles. The molecule has 1 aromatic rings. The maximum Gasteiger partial charge on any atom is 0.326 e. The third-order valence-corrected chi connectivity index (χ3v) is 2.21. The fourth-order valence-electron chi connectivity index (χ4n) is 1.31. The van der Waals surface area contributed by atoms with E-state index in [4.69, 9.17) is 5.11 Å². The van der Waals surface area contributed by atoms with E-state index in [2.05, 4.69) is 20.6 Å². The number of carboxylic acids is 1. The van der Waals surface area contributed by atoms with E-state index in [1.807, 2.05) is 0 Å². The molecule has 0 radical (unpaired) electrons. The fourth-order valence-corrected chi connectivity index (χ4v) is 1.31. The van der Waals surface area contributed by atoms with E-state index in [0.717, 1.165) is 0 Å². The maximum atomic E-state index is 11.6. The summed E-state index contributed by atoms with van der Waals surface area (Å²) in [6.07, 6.45) is 4.16. The molecule has 3 N–H and O–H groups in total. The Morgan fingerprint density at radius 1 is 1.28 bits per heavy atom. The summed E-state index contributed by atoms with van der Waals surface area (Å²) in [5.41, 5.74) is -0.191. The first-order valence-corrected chi connectivity index (χ1v) is 5.36. The van der Waals surface area contributed by atoms with E-state index in [0.29, 0.717) is 5.69 Å². The summed E-state index contributed by atoms with van der Waals surface area (Å²) in [7, 11) is 0. The minimum atomic E-state index is -1.08. The molecule has 0 aliphatic heterocycles. The Balaban J connectivity index is 2.66. The van der Waals surface area contributed by atoms with Gasteiger partial charge in [-0.2, -0.15) is 0 Å². The zero-order valence-electron chi connectivity index (χ0n) is 10.5. The molecule has 1 atom stereocenters. The lowest BCUT2D eigenvalue weighted by molar-refractivity contribution is -0.141. The molecule has 7 nitrogen and oxygen atoms in total. The lowest BCUT2D eigenvalue weighted by Crippen LogP contribution is -2.50. The monoisotopic (exact) mass is 252 g/mol. The summed E-state index contributed by atoms with van der Waals surface area (Å²) in [6.45, 7) is 5.20. The Hall–Kier alpha value is -2.18. The molecule has 1 heterocycles. The van der Waals surface area contributed by atoms with Crippen LogP contribution in [0.5, 0.6) is 0 Å². The van der Waals surface area contributed by atoms with Crippen LogP contribution in [-0.4, -0.2) is 33.1 Å². The number of nitrogens with one attached hydrogen (secondary N) is 2. The van der Waals surface area contributed by atoms with Crippen molar-refractivity contribution in [3.05, 3.63) is 18.7 Å². The topological polar surface area (TPSA) is 104 Å². The highest BCUT2D eigenvalue weighted by atomic mass is 16.4. The minimum absolute atomic E-state index is 0.396. The second-order valence-electron chi connectivity index (χ2n) is 4.86. The largest absolute Gasteiger partial charge is 0.480 e. The van der Waals surface area contributed by atoms with Crippen LogP contribution in [-0.2, 0) is 4.79 Å². The van der Waals surface area contributed by atoms with E-state index >= 15 is 0 Å². The molecule has 0 fully saturated rings. The highest BCUT2D eigenvalue weighted by Crippen LogP contribution is 2.19. The molecule has 1 rings (SSSR count). The number of carbonyl (C=O) groups is 2. The van der Waals surface area contributed by atoms with Crippen molar-refractivity contribution >= 4 is 17.7 Å². The van der Waals surface area contributed by atoms with Crippen molar-refractivity contribution in [2.24, 2.45) is 5.41 Å². The first-order valence-electron chi connectivity index (χ1n) is 5.36. The summed E-state index contributed by atoms with van der Waals surface area (Å²) >= 11 is 0. The molecule has 0 aliphatic rings. The fraction of sp³-hybridized carbons (Fsp3) is 0.455. The normalized spacial score (nSPS) is 12.6. The Bertz CT molecular complexity index is 428. The average Bonchev–Trinajstić information content (AvgIpc) is 2.25. The number of nitrogens with zero attached hydrogens (tertiary/aromatic N) is 2. The third-order valence-electron chi connectivity index (χ3n) is 2.21. The van der Waals surface area contributed by atoms with Crippen molar-refractivity contribution in [3.63, 3.8) is 0 Å². The Morgan fingerprint density at radius 3 is 2.28 bits per heavy atom. The van der Waals surface area contributed by atoms with Gasteiger partial charge in [-0.15, -0.1) is 0 Å². The van der Waals surface area contributed by atoms with Crippen LogP contribution in [0.2, 0.25) is 0 Å². The Labute approximate surface area is 105 Å². The van der Waals surface area contributed by atoms with Gasteiger partial charge in [0.2, 0.25) is 0 Å². The van der Waals surface area contributed by atoms with Crippen LogP contribution >= 0.6 is 0 Å². The molecule has 0 spiro atoms. The number of aromatic nitrogens is 2. The van der Waals surface area contributed by atoms with Crippen molar-refractivity contribution in [3.8, 4) is 0 Å². The number of urea groups is 1. The number of hydrogen-bond donors (Lipinski definition) is 3. The van der Waals surface area contributed by atoms with Gasteiger partial charge in [-0.25, -0.2) is 19.6 Å². The SMILES string of the molecule is CC(C)(C)[C@@H](NC(=O)Nc1cncnc1)C(=O)O. The summed E-state index contributed by atoms with van der Waals surface area (Å²) in [5, 5.41) is 13.9. The summed E-state index contributed by atoms with van der Waals surface area (Å²) in [4.78, 5) is 30.2. The summed E-state index contributed by atoms with van der Waals surface area (Å²) < 4.78 is 0. The third kappa shape index (κ3) is 4.00. The number of carbonyl (C=O) groups excluding carboxylic acids is 1. The molecule has 7 heteroatoms. The zero-order chi connectivity index (χ0) is 13.8. The smallest absolute Gasteiger partial charge is 0.326 e. The maximum absolute atomic E-state index is 11.6. The number of aliphatic carboxylic acids is 1. The number of amides is 2. The van der Waals surface area contributed by atoms with E-state index in [-0.39, 0.29) is 0 Å². The predicted molar refractivity (Wildman–Crippen MR) is 65.1 cm³/mol. The molecule has 0 saturated heterocycles. The predicted octanol–water partition coefficient (Wildman–Crippen LogP) is 1.10.